The molecule has 0 spiro atoms. The Kier molecular flexibility index (Phi) is 6.05. The van der Waals surface area contributed by atoms with E-state index in [9.17, 15) is 14.0 Å². The highest BCUT2D eigenvalue weighted by Gasteiger charge is 2.18. The quantitative estimate of drug-likeness (QED) is 0.593. The van der Waals surface area contributed by atoms with Crippen molar-refractivity contribution in [1.82, 2.24) is 20.1 Å². The second-order valence-corrected chi connectivity index (χ2v) is 6.91. The van der Waals surface area contributed by atoms with Gasteiger partial charge in [-0.2, -0.15) is 0 Å². The van der Waals surface area contributed by atoms with Gasteiger partial charge in [0.1, 0.15) is 11.9 Å². The Bertz CT molecular complexity index is 976. The molecular weight excluding hydrogens is 381 g/mol. The number of nitrogens with one attached hydrogen (secondary N) is 1. The fourth-order valence-electron chi connectivity index (χ4n) is 2.44. The molecule has 1 atom stereocenters. The maximum Gasteiger partial charge on any atom is 0.239 e. The lowest BCUT2D eigenvalue weighted by Crippen LogP contribution is -2.42. The van der Waals surface area contributed by atoms with Crippen LogP contribution in [-0.2, 0) is 9.59 Å². The highest BCUT2D eigenvalue weighted by atomic mass is 32.2. The smallest absolute Gasteiger partial charge is 0.239 e. The lowest BCUT2D eigenvalue weighted by Gasteiger charge is -2.11. The van der Waals surface area contributed by atoms with Gasteiger partial charge in [0, 0.05) is 11.3 Å². The molecule has 9 heteroatoms. The molecule has 0 aliphatic heterocycles. The number of nitrogens with two attached hydrogens (primary N) is 1. The van der Waals surface area contributed by atoms with Crippen molar-refractivity contribution in [2.24, 2.45) is 5.73 Å². The minimum Gasteiger partial charge on any atom is -0.368 e. The molecule has 7 nitrogen and oxygen atoms in total. The molecule has 28 heavy (non-hydrogen) atoms. The van der Waals surface area contributed by atoms with Crippen LogP contribution in [0.4, 0.5) is 4.39 Å². The van der Waals surface area contributed by atoms with E-state index in [1.54, 1.807) is 16.7 Å². The summed E-state index contributed by atoms with van der Waals surface area (Å²) in [5, 5.41) is 11.4. The van der Waals surface area contributed by atoms with Crippen molar-refractivity contribution in [3.63, 3.8) is 0 Å². The van der Waals surface area contributed by atoms with E-state index < -0.39 is 11.9 Å². The third-order valence-electron chi connectivity index (χ3n) is 3.89. The first-order valence-electron chi connectivity index (χ1n) is 8.44. The zero-order valence-corrected chi connectivity index (χ0v) is 15.8. The van der Waals surface area contributed by atoms with Gasteiger partial charge in [-0.1, -0.05) is 30.0 Å². The lowest BCUT2D eigenvalue weighted by atomic mass is 10.2. The van der Waals surface area contributed by atoms with Crippen molar-refractivity contribution in [2.75, 3.05) is 5.75 Å². The molecule has 1 aromatic heterocycles. The number of rotatable bonds is 7. The van der Waals surface area contributed by atoms with Crippen LogP contribution in [-0.4, -0.2) is 38.4 Å². The van der Waals surface area contributed by atoms with Crippen LogP contribution in [0.25, 0.3) is 17.1 Å². The summed E-state index contributed by atoms with van der Waals surface area (Å²) in [6.45, 7) is 1.52. The summed E-state index contributed by atoms with van der Waals surface area (Å²) in [4.78, 5) is 23.1. The molecule has 2 aromatic carbocycles. The Morgan fingerprint density at radius 3 is 2.46 bits per heavy atom. The van der Waals surface area contributed by atoms with Crippen LogP contribution < -0.4 is 11.1 Å². The van der Waals surface area contributed by atoms with Crippen molar-refractivity contribution < 1.29 is 14.0 Å². The molecule has 0 aliphatic carbocycles. The number of para-hydroxylation sites is 1. The summed E-state index contributed by atoms with van der Waals surface area (Å²) in [5.41, 5.74) is 6.65. The third kappa shape index (κ3) is 4.55. The Morgan fingerprint density at radius 1 is 1.14 bits per heavy atom. The summed E-state index contributed by atoms with van der Waals surface area (Å²) < 4.78 is 15.1. The second-order valence-electron chi connectivity index (χ2n) is 5.96. The number of benzene rings is 2. The molecule has 144 valence electrons. The molecule has 3 aromatic rings. The van der Waals surface area contributed by atoms with Gasteiger partial charge in [-0.25, -0.2) is 4.39 Å². The SMILES string of the molecule is CC(NC(=O)CSc1nnc(-c2ccc(F)cc2)n1-c1ccccc1)C(N)=O. The van der Waals surface area contributed by atoms with Crippen LogP contribution in [0.15, 0.2) is 59.8 Å². The number of nitrogens with zero attached hydrogens (tertiary/aromatic N) is 3. The standard InChI is InChI=1S/C19H18FN5O2S/c1-12(17(21)27)22-16(26)11-28-19-24-23-18(13-7-9-14(20)10-8-13)25(19)15-5-3-2-4-6-15/h2-10,12H,11H2,1H3,(H2,21,27)(H,22,26). The molecule has 0 fully saturated rings. The fourth-order valence-corrected chi connectivity index (χ4v) is 3.21. The van der Waals surface area contributed by atoms with E-state index in [1.165, 1.54) is 30.8 Å². The lowest BCUT2D eigenvalue weighted by molar-refractivity contribution is -0.125. The number of aromatic nitrogens is 3. The summed E-state index contributed by atoms with van der Waals surface area (Å²) in [5.74, 6) is -0.734. The highest BCUT2D eigenvalue weighted by Crippen LogP contribution is 2.28. The second kappa shape index (κ2) is 8.66. The van der Waals surface area contributed by atoms with E-state index in [0.29, 0.717) is 16.5 Å². The number of hydrogen-bond acceptors (Lipinski definition) is 5. The predicted molar refractivity (Wildman–Crippen MR) is 104 cm³/mol. The van der Waals surface area contributed by atoms with Crippen LogP contribution in [0.3, 0.4) is 0 Å². The third-order valence-corrected chi connectivity index (χ3v) is 4.82. The zero-order valence-electron chi connectivity index (χ0n) is 15.0. The first kappa shape index (κ1) is 19.6. The topological polar surface area (TPSA) is 103 Å². The average Bonchev–Trinajstić information content (AvgIpc) is 3.11. The monoisotopic (exact) mass is 399 g/mol. The van der Waals surface area contributed by atoms with E-state index in [1.807, 2.05) is 30.3 Å². The molecule has 2 amide bonds. The molecule has 0 saturated carbocycles. The van der Waals surface area contributed by atoms with Crippen molar-refractivity contribution in [1.29, 1.82) is 0 Å². The largest absolute Gasteiger partial charge is 0.368 e. The van der Waals surface area contributed by atoms with Crippen LogP contribution in [0.5, 0.6) is 0 Å². The molecule has 0 bridgehead atoms. The van der Waals surface area contributed by atoms with E-state index in [2.05, 4.69) is 15.5 Å². The van der Waals surface area contributed by atoms with E-state index in [0.717, 1.165) is 5.69 Å². The Balaban J connectivity index is 1.88. The van der Waals surface area contributed by atoms with Crippen LogP contribution in [0, 0.1) is 5.82 Å². The Labute approximate surface area is 165 Å². The molecule has 3 N–H and O–H groups in total. The average molecular weight is 399 g/mol. The first-order valence-corrected chi connectivity index (χ1v) is 9.42. The van der Waals surface area contributed by atoms with Gasteiger partial charge in [0.05, 0.1) is 5.75 Å². The van der Waals surface area contributed by atoms with Gasteiger partial charge < -0.3 is 11.1 Å². The number of hydrogen-bond donors (Lipinski definition) is 2. The fraction of sp³-hybridized carbons (Fsp3) is 0.158. The number of carbonyl (C=O) groups is 2. The van der Waals surface area contributed by atoms with Gasteiger partial charge >= 0.3 is 0 Å². The number of carbonyl (C=O) groups excluding carboxylic acids is 2. The van der Waals surface area contributed by atoms with Crippen LogP contribution in [0.2, 0.25) is 0 Å². The van der Waals surface area contributed by atoms with Crippen molar-refractivity contribution >= 4 is 23.6 Å². The highest BCUT2D eigenvalue weighted by molar-refractivity contribution is 7.99. The summed E-state index contributed by atoms with van der Waals surface area (Å²) in [7, 11) is 0. The van der Waals surface area contributed by atoms with Gasteiger partial charge in [0.15, 0.2) is 11.0 Å². The normalized spacial score (nSPS) is 11.8. The Hall–Kier alpha value is -3.20. The number of amides is 2. The zero-order chi connectivity index (χ0) is 20.1. The Morgan fingerprint density at radius 2 is 1.82 bits per heavy atom. The summed E-state index contributed by atoms with van der Waals surface area (Å²) >= 11 is 1.17. The number of thioether (sulfide) groups is 1. The molecule has 0 aliphatic rings. The first-order chi connectivity index (χ1) is 13.5. The molecule has 1 unspecified atom stereocenters. The van der Waals surface area contributed by atoms with Crippen molar-refractivity contribution in [3.05, 3.63) is 60.4 Å². The van der Waals surface area contributed by atoms with Gasteiger partial charge in [-0.05, 0) is 43.3 Å². The van der Waals surface area contributed by atoms with Gasteiger partial charge in [0.25, 0.3) is 0 Å². The minimum atomic E-state index is -0.755. The molecule has 0 saturated heterocycles. The van der Waals surface area contributed by atoms with Crippen LogP contribution >= 0.6 is 11.8 Å². The molecule has 1 heterocycles. The van der Waals surface area contributed by atoms with E-state index >= 15 is 0 Å². The van der Waals surface area contributed by atoms with E-state index in [-0.39, 0.29) is 17.5 Å². The maximum absolute atomic E-state index is 13.3. The molecule has 0 radical (unpaired) electrons. The number of halogens is 1. The minimum absolute atomic E-state index is 0.0337. The molecular formula is C19H18FN5O2S. The van der Waals surface area contributed by atoms with Gasteiger partial charge in [0.2, 0.25) is 11.8 Å². The van der Waals surface area contributed by atoms with Gasteiger partial charge in [-0.15, -0.1) is 10.2 Å². The maximum atomic E-state index is 13.3. The van der Waals surface area contributed by atoms with Gasteiger partial charge in [-0.3, -0.25) is 14.2 Å². The number of primary amides is 1. The van der Waals surface area contributed by atoms with Crippen LogP contribution in [0.1, 0.15) is 6.92 Å². The summed E-state index contributed by atoms with van der Waals surface area (Å²) in [6.07, 6.45) is 0. The molecule has 3 rings (SSSR count). The summed E-state index contributed by atoms with van der Waals surface area (Å²) in [6, 6.07) is 14.6. The predicted octanol–water partition coefficient (Wildman–Crippen LogP) is 2.16. The van der Waals surface area contributed by atoms with Crippen molar-refractivity contribution in [3.8, 4) is 17.1 Å². The van der Waals surface area contributed by atoms with Crippen molar-refractivity contribution in [2.45, 2.75) is 18.1 Å². The van der Waals surface area contributed by atoms with E-state index in [4.69, 9.17) is 5.73 Å².